The first kappa shape index (κ1) is 14.2. The Balaban J connectivity index is 2.01. The van der Waals surface area contributed by atoms with Crippen LogP contribution in [0, 0.1) is 23.2 Å². The number of nitrogens with one attached hydrogen (secondary N) is 1. The van der Waals surface area contributed by atoms with Gasteiger partial charge in [0.25, 0.3) is 0 Å². The highest BCUT2D eigenvalue weighted by Gasteiger charge is 2.24. The Bertz CT molecular complexity index is 470. The predicted octanol–water partition coefficient (Wildman–Crippen LogP) is 3.42. The maximum atomic E-state index is 9.40. The molecule has 2 atom stereocenters. The number of nitriles is 1. The summed E-state index contributed by atoms with van der Waals surface area (Å²) >= 11 is 5.96. The highest BCUT2D eigenvalue weighted by atomic mass is 35.5. The van der Waals surface area contributed by atoms with Gasteiger partial charge in [-0.25, -0.2) is 0 Å². The normalized spacial score (nSPS) is 22.8. The third-order valence-electron chi connectivity index (χ3n) is 3.96. The fourth-order valence-corrected chi connectivity index (χ4v) is 2.97. The Labute approximate surface area is 119 Å². The predicted molar refractivity (Wildman–Crippen MR) is 77.2 cm³/mol. The van der Waals surface area contributed by atoms with Gasteiger partial charge in [-0.15, -0.1) is 0 Å². The van der Waals surface area contributed by atoms with Gasteiger partial charge in [0, 0.05) is 18.2 Å². The van der Waals surface area contributed by atoms with Gasteiger partial charge < -0.3 is 10.4 Å². The van der Waals surface area contributed by atoms with E-state index in [1.807, 2.05) is 0 Å². The van der Waals surface area contributed by atoms with Crippen LogP contribution in [0.25, 0.3) is 0 Å². The summed E-state index contributed by atoms with van der Waals surface area (Å²) < 4.78 is 0. The maximum Gasteiger partial charge on any atom is 0.101 e. The van der Waals surface area contributed by atoms with Gasteiger partial charge in [-0.1, -0.05) is 24.4 Å². The van der Waals surface area contributed by atoms with Crippen molar-refractivity contribution in [2.75, 3.05) is 18.5 Å². The summed E-state index contributed by atoms with van der Waals surface area (Å²) in [7, 11) is 0. The lowest BCUT2D eigenvalue weighted by atomic mass is 9.79. The first-order valence-electron chi connectivity index (χ1n) is 6.79. The molecule has 1 aliphatic rings. The minimum atomic E-state index is 0.257. The van der Waals surface area contributed by atoms with Crippen LogP contribution in [0.5, 0.6) is 0 Å². The number of halogens is 1. The second-order valence-corrected chi connectivity index (χ2v) is 5.61. The van der Waals surface area contributed by atoms with Crippen molar-refractivity contribution in [1.29, 1.82) is 5.26 Å². The van der Waals surface area contributed by atoms with Gasteiger partial charge in [0.2, 0.25) is 0 Å². The van der Waals surface area contributed by atoms with Gasteiger partial charge in [-0.2, -0.15) is 5.26 Å². The second-order valence-electron chi connectivity index (χ2n) is 5.17. The van der Waals surface area contributed by atoms with E-state index >= 15 is 0 Å². The molecule has 1 aromatic rings. The molecule has 4 heteroatoms. The molecule has 0 saturated heterocycles. The Morgan fingerprint density at radius 3 is 2.74 bits per heavy atom. The average molecular weight is 279 g/mol. The number of hydrogen-bond donors (Lipinski definition) is 2. The lowest BCUT2D eigenvalue weighted by molar-refractivity contribution is 0.141. The number of aliphatic hydroxyl groups excluding tert-OH is 1. The van der Waals surface area contributed by atoms with Gasteiger partial charge in [-0.05, 0) is 42.9 Å². The van der Waals surface area contributed by atoms with Crippen LogP contribution in [0.4, 0.5) is 5.69 Å². The molecule has 102 valence electrons. The third-order valence-corrected chi connectivity index (χ3v) is 4.19. The summed E-state index contributed by atoms with van der Waals surface area (Å²) in [6.45, 7) is 1.05. The third kappa shape index (κ3) is 3.62. The number of nitrogens with zero attached hydrogens (tertiary/aromatic N) is 1. The van der Waals surface area contributed by atoms with Gasteiger partial charge in [-0.3, -0.25) is 0 Å². The minimum Gasteiger partial charge on any atom is -0.396 e. The second kappa shape index (κ2) is 6.79. The summed E-state index contributed by atoms with van der Waals surface area (Å²) in [4.78, 5) is 0. The van der Waals surface area contributed by atoms with Crippen LogP contribution < -0.4 is 5.32 Å². The topological polar surface area (TPSA) is 56.0 Å². The van der Waals surface area contributed by atoms with E-state index in [1.54, 1.807) is 18.2 Å². The van der Waals surface area contributed by atoms with E-state index in [2.05, 4.69) is 11.4 Å². The van der Waals surface area contributed by atoms with Crippen molar-refractivity contribution in [3.63, 3.8) is 0 Å². The Morgan fingerprint density at radius 1 is 1.32 bits per heavy atom. The van der Waals surface area contributed by atoms with Crippen LogP contribution in [0.1, 0.15) is 31.2 Å². The summed E-state index contributed by atoms with van der Waals surface area (Å²) in [5.41, 5.74) is 1.40. The van der Waals surface area contributed by atoms with Crippen LogP contribution in [-0.2, 0) is 0 Å². The highest BCUT2D eigenvalue weighted by molar-refractivity contribution is 6.30. The summed E-state index contributed by atoms with van der Waals surface area (Å²) in [6.07, 6.45) is 4.68. The molecule has 0 bridgehead atoms. The lowest BCUT2D eigenvalue weighted by Gasteiger charge is -2.30. The first-order valence-corrected chi connectivity index (χ1v) is 7.16. The Morgan fingerprint density at radius 2 is 2.05 bits per heavy atom. The highest BCUT2D eigenvalue weighted by Crippen LogP contribution is 2.30. The number of hydrogen-bond acceptors (Lipinski definition) is 3. The quantitative estimate of drug-likeness (QED) is 0.887. The van der Waals surface area contributed by atoms with Crippen LogP contribution >= 0.6 is 11.6 Å². The van der Waals surface area contributed by atoms with E-state index < -0.39 is 0 Å². The van der Waals surface area contributed by atoms with E-state index in [1.165, 1.54) is 12.8 Å². The van der Waals surface area contributed by atoms with Crippen molar-refractivity contribution in [2.24, 2.45) is 11.8 Å². The zero-order valence-electron chi connectivity index (χ0n) is 10.9. The van der Waals surface area contributed by atoms with Gasteiger partial charge in [0.15, 0.2) is 0 Å². The lowest BCUT2D eigenvalue weighted by Crippen LogP contribution is -2.28. The fourth-order valence-electron chi connectivity index (χ4n) is 2.79. The van der Waals surface area contributed by atoms with Crippen LogP contribution in [0.3, 0.4) is 0 Å². The summed E-state index contributed by atoms with van der Waals surface area (Å²) in [5, 5.41) is 22.4. The van der Waals surface area contributed by atoms with Crippen molar-refractivity contribution in [3.05, 3.63) is 28.8 Å². The molecule has 1 aliphatic carbocycles. The Hall–Kier alpha value is -1.24. The van der Waals surface area contributed by atoms with E-state index in [-0.39, 0.29) is 6.61 Å². The molecule has 0 aromatic heterocycles. The van der Waals surface area contributed by atoms with E-state index in [9.17, 15) is 5.11 Å². The van der Waals surface area contributed by atoms with Crippen molar-refractivity contribution < 1.29 is 5.11 Å². The molecule has 2 unspecified atom stereocenters. The van der Waals surface area contributed by atoms with E-state index in [0.29, 0.717) is 22.4 Å². The molecular weight excluding hydrogens is 260 g/mol. The van der Waals surface area contributed by atoms with Crippen molar-refractivity contribution in [2.45, 2.75) is 25.7 Å². The fraction of sp³-hybridized carbons (Fsp3) is 0.533. The molecule has 1 saturated carbocycles. The van der Waals surface area contributed by atoms with Crippen LogP contribution in [0.15, 0.2) is 18.2 Å². The summed E-state index contributed by atoms with van der Waals surface area (Å²) in [5.74, 6) is 0.857. The number of aliphatic hydroxyl groups is 1. The minimum absolute atomic E-state index is 0.257. The van der Waals surface area contributed by atoms with Crippen molar-refractivity contribution >= 4 is 17.3 Å². The van der Waals surface area contributed by atoms with Crippen LogP contribution in [-0.4, -0.2) is 18.3 Å². The zero-order chi connectivity index (χ0) is 13.7. The molecule has 19 heavy (non-hydrogen) atoms. The SMILES string of the molecule is N#Cc1ccc(Cl)cc1NCC1CCCCC1CO. The molecule has 2 N–H and O–H groups in total. The average Bonchev–Trinajstić information content (AvgIpc) is 2.45. The molecule has 0 amide bonds. The molecular formula is C15H19ClN2O. The van der Waals surface area contributed by atoms with Crippen LogP contribution in [0.2, 0.25) is 5.02 Å². The van der Waals surface area contributed by atoms with Gasteiger partial charge in [0.1, 0.15) is 6.07 Å². The Kier molecular flexibility index (Phi) is 5.07. The standard InChI is InChI=1S/C15H19ClN2O/c16-14-6-5-11(8-17)15(7-14)18-9-12-3-1-2-4-13(12)10-19/h5-7,12-13,18-19H,1-4,9-10H2. The van der Waals surface area contributed by atoms with Crippen molar-refractivity contribution in [3.8, 4) is 6.07 Å². The van der Waals surface area contributed by atoms with E-state index in [4.69, 9.17) is 16.9 Å². The van der Waals surface area contributed by atoms with Gasteiger partial charge >= 0.3 is 0 Å². The smallest absolute Gasteiger partial charge is 0.101 e. The molecule has 2 rings (SSSR count). The van der Waals surface area contributed by atoms with Gasteiger partial charge in [0.05, 0.1) is 11.3 Å². The molecule has 1 fully saturated rings. The molecule has 3 nitrogen and oxygen atoms in total. The number of benzene rings is 1. The summed E-state index contributed by atoms with van der Waals surface area (Å²) in [6, 6.07) is 7.41. The monoisotopic (exact) mass is 278 g/mol. The maximum absolute atomic E-state index is 9.40. The molecule has 1 aromatic carbocycles. The first-order chi connectivity index (χ1) is 9.24. The van der Waals surface area contributed by atoms with Crippen molar-refractivity contribution in [1.82, 2.24) is 0 Å². The molecule has 0 heterocycles. The van der Waals surface area contributed by atoms with E-state index in [0.717, 1.165) is 25.1 Å². The molecule has 0 spiro atoms. The largest absolute Gasteiger partial charge is 0.396 e. The molecule has 0 radical (unpaired) electrons. The number of anilines is 1. The number of rotatable bonds is 4. The zero-order valence-corrected chi connectivity index (χ0v) is 11.7. The molecule has 0 aliphatic heterocycles.